The zero-order chi connectivity index (χ0) is 46.1. The highest BCUT2D eigenvalue weighted by Crippen LogP contribution is 2.51. The molecule has 5 heterocycles. The first-order valence-electron chi connectivity index (χ1n) is 23.9. The molecule has 0 radical (unpaired) electrons. The van der Waals surface area contributed by atoms with E-state index in [9.17, 15) is 19.5 Å². The van der Waals surface area contributed by atoms with Crippen molar-refractivity contribution >= 4 is 42.2 Å². The number of ether oxygens (including phenoxy) is 3. The predicted molar refractivity (Wildman–Crippen MR) is 251 cm³/mol. The van der Waals surface area contributed by atoms with Gasteiger partial charge in [0.25, 0.3) is 0 Å². The van der Waals surface area contributed by atoms with Crippen LogP contribution in [0.15, 0.2) is 30.3 Å². The number of esters is 1. The molecule has 3 aromatic carbocycles. The number of unbranched alkanes of at least 4 members (excludes halogenated alkanes) is 3. The number of aryl methyl sites for hydroxylation is 2. The minimum Gasteiger partial charge on any atom is -0.478 e. The number of aromatic carboxylic acids is 1. The first-order chi connectivity index (χ1) is 31.0. The van der Waals surface area contributed by atoms with Gasteiger partial charge in [-0.3, -0.25) is 9.36 Å². The van der Waals surface area contributed by atoms with Gasteiger partial charge >= 0.3 is 25.6 Å². The zero-order valence-electron chi connectivity index (χ0n) is 39.2. The first-order valence-corrected chi connectivity index (χ1v) is 25.4. The number of hydrogen-bond donors (Lipinski definition) is 2. The lowest BCUT2D eigenvalue weighted by Crippen LogP contribution is -2.45. The van der Waals surface area contributed by atoms with Crippen molar-refractivity contribution in [1.29, 1.82) is 0 Å². The molecule has 1 atom stereocenters. The van der Waals surface area contributed by atoms with Crippen molar-refractivity contribution in [1.82, 2.24) is 9.89 Å². The SMILES string of the molecule is CC(C)(C)OC(=O)CCCCCOP(=O)(OCCCCNC(=O)OC(C)(C)C)c1ccc(C(=O)O)c(C2=c3cc4c5c(c3Oc3c2cc2c6c3CCCN6CCC2)CCC[N+]=5CCC4)c1. The van der Waals surface area contributed by atoms with Crippen molar-refractivity contribution in [3.63, 3.8) is 0 Å². The van der Waals surface area contributed by atoms with Gasteiger partial charge in [-0.1, -0.05) is 6.42 Å². The Labute approximate surface area is 383 Å². The third kappa shape index (κ3) is 10.5. The van der Waals surface area contributed by atoms with E-state index < -0.39 is 30.9 Å². The van der Waals surface area contributed by atoms with Crippen LogP contribution in [-0.2, 0) is 53.6 Å². The van der Waals surface area contributed by atoms with E-state index in [2.05, 4.69) is 26.9 Å². The summed E-state index contributed by atoms with van der Waals surface area (Å²) in [5.74, 6) is 0.234. The Hall–Kier alpha value is -4.71. The standard InChI is InChI=1S/C51H66N3O10P/c1-50(2,3)63-42(55)20-8-7-10-28-60-65(59,61-29-11-9-23-52-49(58)64-51(4,5)6)35-21-22-36(48(56)57)39(32-35)43-40-30-33-16-12-24-53-26-14-18-37(44(33)53)46(40)62-47-38-19-15-27-54-25-13-17-34(45(38)54)31-41(43)47/h21-22,30-32H,7-20,23-29H2,1-6H3,(H-,52,56,57,58)/p+1. The van der Waals surface area contributed by atoms with E-state index in [1.54, 1.807) is 32.9 Å². The molecule has 0 spiro atoms. The van der Waals surface area contributed by atoms with Crippen LogP contribution < -0.4 is 35.4 Å². The van der Waals surface area contributed by atoms with Gasteiger partial charge in [-0.15, -0.1) is 0 Å². The molecule has 13 nitrogen and oxygen atoms in total. The van der Waals surface area contributed by atoms with E-state index in [-0.39, 0.29) is 36.5 Å². The Morgan fingerprint density at radius 2 is 1.45 bits per heavy atom. The van der Waals surface area contributed by atoms with E-state index in [0.29, 0.717) is 44.2 Å². The molecule has 14 heteroatoms. The Balaban J connectivity index is 1.18. The van der Waals surface area contributed by atoms with Crippen LogP contribution in [0.25, 0.3) is 5.57 Å². The van der Waals surface area contributed by atoms with E-state index in [4.69, 9.17) is 23.3 Å². The lowest BCUT2D eigenvalue weighted by molar-refractivity contribution is -0.154. The van der Waals surface area contributed by atoms with Crippen molar-refractivity contribution in [3.05, 3.63) is 79.9 Å². The summed E-state index contributed by atoms with van der Waals surface area (Å²) in [6.07, 6.45) is 10.1. The maximum atomic E-state index is 15.3. The fraction of sp³-hybridized carbons (Fsp3) is 0.569. The molecule has 5 aliphatic rings. The van der Waals surface area contributed by atoms with Crippen molar-refractivity contribution in [2.75, 3.05) is 50.8 Å². The van der Waals surface area contributed by atoms with Crippen LogP contribution in [0, 0.1) is 0 Å². The molecule has 65 heavy (non-hydrogen) atoms. The van der Waals surface area contributed by atoms with Gasteiger partial charge in [-0.25, -0.2) is 14.2 Å². The van der Waals surface area contributed by atoms with E-state index in [1.165, 1.54) is 39.4 Å². The highest BCUT2D eigenvalue weighted by atomic mass is 31.2. The van der Waals surface area contributed by atoms with Crippen LogP contribution in [0.4, 0.5) is 10.5 Å². The van der Waals surface area contributed by atoms with Crippen molar-refractivity contribution in [3.8, 4) is 11.5 Å². The number of rotatable bonds is 16. The minimum atomic E-state index is -4.08. The van der Waals surface area contributed by atoms with Crippen LogP contribution >= 0.6 is 7.60 Å². The Kier molecular flexibility index (Phi) is 13.9. The number of carboxylic acids is 1. The molecule has 350 valence electrons. The Bertz CT molecular complexity index is 2490. The molecular weight excluding hydrogens is 846 g/mol. The number of carboxylic acid groups (broad SMARTS) is 1. The van der Waals surface area contributed by atoms with Gasteiger partial charge in [0, 0.05) is 72.1 Å². The summed E-state index contributed by atoms with van der Waals surface area (Å²) in [7, 11) is -4.08. The van der Waals surface area contributed by atoms with Crippen molar-refractivity contribution in [2.45, 2.75) is 143 Å². The average molecular weight is 913 g/mol. The van der Waals surface area contributed by atoms with Gasteiger partial charge in [0.2, 0.25) is 5.36 Å². The molecule has 2 N–H and O–H groups in total. The fourth-order valence-electron chi connectivity index (χ4n) is 10.1. The summed E-state index contributed by atoms with van der Waals surface area (Å²) >= 11 is 0. The van der Waals surface area contributed by atoms with Crippen LogP contribution in [0.5, 0.6) is 11.5 Å². The lowest BCUT2D eigenvalue weighted by atomic mass is 9.82. The van der Waals surface area contributed by atoms with E-state index in [1.807, 2.05) is 20.8 Å². The number of hydrogen-bond acceptors (Lipinski definition) is 10. The third-order valence-electron chi connectivity index (χ3n) is 12.7. The summed E-state index contributed by atoms with van der Waals surface area (Å²) < 4.78 is 48.4. The molecule has 0 aliphatic carbocycles. The molecule has 1 amide bonds. The van der Waals surface area contributed by atoms with Crippen molar-refractivity contribution < 1.29 is 47.3 Å². The van der Waals surface area contributed by atoms with Crippen LogP contribution in [0.2, 0.25) is 0 Å². The minimum absolute atomic E-state index is 0.0655. The summed E-state index contributed by atoms with van der Waals surface area (Å²) in [6.45, 7) is 15.4. The van der Waals surface area contributed by atoms with Gasteiger partial charge in [-0.2, -0.15) is 0 Å². The quantitative estimate of drug-likeness (QED) is 0.0489. The summed E-state index contributed by atoms with van der Waals surface area (Å²) in [5.41, 5.74) is 7.11. The number of benzene rings is 3. The van der Waals surface area contributed by atoms with Gasteiger partial charge in [0.05, 0.1) is 29.6 Å². The van der Waals surface area contributed by atoms with Crippen LogP contribution in [0.1, 0.15) is 149 Å². The predicted octanol–water partition coefficient (Wildman–Crippen LogP) is 7.88. The lowest BCUT2D eigenvalue weighted by Gasteiger charge is -2.39. The Morgan fingerprint density at radius 3 is 2.17 bits per heavy atom. The van der Waals surface area contributed by atoms with Gasteiger partial charge in [0.1, 0.15) is 35.8 Å². The number of fused-ring (bicyclic) bond motifs is 4. The summed E-state index contributed by atoms with van der Waals surface area (Å²) in [4.78, 5) is 40.5. The highest BCUT2D eigenvalue weighted by molar-refractivity contribution is 7.62. The smallest absolute Gasteiger partial charge is 0.407 e. The molecule has 0 saturated heterocycles. The summed E-state index contributed by atoms with van der Waals surface area (Å²) in [5, 5.41) is 16.1. The maximum absolute atomic E-state index is 15.3. The molecule has 0 bridgehead atoms. The fourth-order valence-corrected chi connectivity index (χ4v) is 11.8. The number of alkyl carbamates (subject to hydrolysis) is 1. The van der Waals surface area contributed by atoms with Gasteiger partial charge in [0.15, 0.2) is 0 Å². The van der Waals surface area contributed by atoms with Crippen LogP contribution in [-0.4, -0.2) is 80.3 Å². The average Bonchev–Trinajstić information content (AvgIpc) is 3.24. The number of anilines is 1. The van der Waals surface area contributed by atoms with E-state index >= 15 is 4.57 Å². The molecule has 3 aromatic rings. The van der Waals surface area contributed by atoms with E-state index in [0.717, 1.165) is 105 Å². The van der Waals surface area contributed by atoms with Crippen LogP contribution in [0.3, 0.4) is 0 Å². The number of carbonyl (C=O) groups excluding carboxylic acids is 2. The Morgan fingerprint density at radius 1 is 0.769 bits per heavy atom. The van der Waals surface area contributed by atoms with Crippen molar-refractivity contribution in [2.24, 2.45) is 0 Å². The number of carbonyl (C=O) groups is 3. The molecule has 8 rings (SSSR count). The molecule has 1 unspecified atom stereocenters. The molecule has 0 fully saturated rings. The highest BCUT2D eigenvalue weighted by Gasteiger charge is 2.38. The second-order valence-corrected chi connectivity index (χ2v) is 22.1. The first kappa shape index (κ1) is 46.8. The third-order valence-corrected chi connectivity index (χ3v) is 14.7. The largest absolute Gasteiger partial charge is 0.478 e. The molecule has 0 aromatic heterocycles. The number of nitrogens with zero attached hydrogens (tertiary/aromatic N) is 2. The zero-order valence-corrected chi connectivity index (χ0v) is 40.1. The topological polar surface area (TPSA) is 153 Å². The van der Waals surface area contributed by atoms with Gasteiger partial charge in [-0.05, 0) is 147 Å². The second-order valence-electron chi connectivity index (χ2n) is 20.1. The number of nitrogens with one attached hydrogen (secondary N) is 1. The normalized spacial score (nSPS) is 17.2. The second kappa shape index (κ2) is 19.3. The maximum Gasteiger partial charge on any atom is 0.407 e. The monoisotopic (exact) mass is 912 g/mol. The molecule has 5 aliphatic heterocycles. The van der Waals surface area contributed by atoms with Gasteiger partial charge < -0.3 is 38.6 Å². The summed E-state index contributed by atoms with van der Waals surface area (Å²) in [6, 6.07) is 9.28. The molecule has 0 saturated carbocycles. The number of amides is 1. The molecular formula is C51H67N3O10P+.